The molecule has 0 saturated carbocycles. The Labute approximate surface area is 212 Å². The molecular formula is C24H19BrF3N5OS. The van der Waals surface area contributed by atoms with Crippen molar-refractivity contribution in [3.8, 4) is 17.1 Å². The van der Waals surface area contributed by atoms with Crippen LogP contribution in [0.3, 0.4) is 0 Å². The Morgan fingerprint density at radius 2 is 1.77 bits per heavy atom. The number of anilines is 1. The van der Waals surface area contributed by atoms with Gasteiger partial charge in [-0.25, -0.2) is 0 Å². The molecule has 6 nitrogen and oxygen atoms in total. The molecule has 0 spiro atoms. The standard InChI is InChI=1S/C24H19BrF3N5OS/c1-2-15-3-6-18(7-4-15)33-22(16-9-11-29-12-10-16)31-32-23(33)35-14-21(34)30-20-8-5-17(25)13-19(20)24(26,27)28/h3-13H,2,14H2,1H3,(H,30,34). The fourth-order valence-electron chi connectivity index (χ4n) is 3.34. The highest BCUT2D eigenvalue weighted by Gasteiger charge is 2.34. The van der Waals surface area contributed by atoms with E-state index < -0.39 is 17.6 Å². The van der Waals surface area contributed by atoms with Crippen LogP contribution < -0.4 is 5.32 Å². The zero-order valence-electron chi connectivity index (χ0n) is 18.4. The SMILES string of the molecule is CCc1ccc(-n2c(SCC(=O)Nc3ccc(Br)cc3C(F)(F)F)nnc2-c2ccncc2)cc1. The molecule has 180 valence electrons. The van der Waals surface area contributed by atoms with Gasteiger partial charge in [-0.2, -0.15) is 13.2 Å². The maximum atomic E-state index is 13.4. The Kier molecular flexibility index (Phi) is 7.56. The van der Waals surface area contributed by atoms with Crippen molar-refractivity contribution in [3.63, 3.8) is 0 Å². The van der Waals surface area contributed by atoms with Crippen molar-refractivity contribution >= 4 is 39.3 Å². The topological polar surface area (TPSA) is 72.7 Å². The second kappa shape index (κ2) is 10.6. The van der Waals surface area contributed by atoms with E-state index in [1.54, 1.807) is 24.5 Å². The monoisotopic (exact) mass is 561 g/mol. The Balaban J connectivity index is 1.59. The number of carbonyl (C=O) groups excluding carboxylic acids is 1. The first kappa shape index (κ1) is 24.9. The number of pyridine rings is 1. The first-order valence-electron chi connectivity index (χ1n) is 10.5. The van der Waals surface area contributed by atoms with Gasteiger partial charge in [0.1, 0.15) is 0 Å². The van der Waals surface area contributed by atoms with E-state index in [1.165, 1.54) is 12.1 Å². The molecule has 0 saturated heterocycles. The maximum Gasteiger partial charge on any atom is 0.418 e. The third-order valence-corrected chi connectivity index (χ3v) is 6.49. The molecule has 0 bridgehead atoms. The smallest absolute Gasteiger partial charge is 0.325 e. The fraction of sp³-hybridized carbons (Fsp3) is 0.167. The molecule has 2 heterocycles. The summed E-state index contributed by atoms with van der Waals surface area (Å²) in [6, 6.07) is 15.1. The molecule has 0 fully saturated rings. The van der Waals surface area contributed by atoms with Crippen molar-refractivity contribution in [2.24, 2.45) is 0 Å². The van der Waals surface area contributed by atoms with Crippen LogP contribution in [-0.4, -0.2) is 31.4 Å². The summed E-state index contributed by atoms with van der Waals surface area (Å²) in [5.74, 6) is -0.189. The van der Waals surface area contributed by atoms with Crippen LogP contribution in [0.5, 0.6) is 0 Å². The molecule has 11 heteroatoms. The zero-order valence-corrected chi connectivity index (χ0v) is 20.8. The van der Waals surface area contributed by atoms with Gasteiger partial charge in [0.25, 0.3) is 0 Å². The normalized spacial score (nSPS) is 11.5. The number of benzene rings is 2. The van der Waals surface area contributed by atoms with Crippen molar-refractivity contribution in [2.45, 2.75) is 24.7 Å². The van der Waals surface area contributed by atoms with Crippen LogP contribution in [0, 0.1) is 0 Å². The third-order valence-electron chi connectivity index (χ3n) is 5.07. The van der Waals surface area contributed by atoms with Crippen molar-refractivity contribution in [3.05, 3.63) is 82.6 Å². The molecular weight excluding hydrogens is 543 g/mol. The molecule has 0 aliphatic heterocycles. The predicted molar refractivity (Wildman–Crippen MR) is 132 cm³/mol. The van der Waals surface area contributed by atoms with Gasteiger partial charge in [-0.1, -0.05) is 46.7 Å². The number of nitrogens with one attached hydrogen (secondary N) is 1. The minimum absolute atomic E-state index is 0.158. The summed E-state index contributed by atoms with van der Waals surface area (Å²) in [5, 5.41) is 11.3. The van der Waals surface area contributed by atoms with E-state index in [0.717, 1.165) is 41.1 Å². The van der Waals surface area contributed by atoms with E-state index in [9.17, 15) is 18.0 Å². The van der Waals surface area contributed by atoms with Crippen LogP contribution >= 0.6 is 27.7 Å². The average Bonchev–Trinajstić information content (AvgIpc) is 3.28. The number of aryl methyl sites for hydroxylation is 1. The Morgan fingerprint density at radius 3 is 2.43 bits per heavy atom. The Hall–Kier alpha value is -3.18. The molecule has 1 N–H and O–H groups in total. The first-order valence-corrected chi connectivity index (χ1v) is 12.3. The lowest BCUT2D eigenvalue weighted by molar-refractivity contribution is -0.137. The van der Waals surface area contributed by atoms with Crippen LogP contribution in [0.4, 0.5) is 18.9 Å². The lowest BCUT2D eigenvalue weighted by Crippen LogP contribution is -2.18. The van der Waals surface area contributed by atoms with Gasteiger partial charge in [-0.05, 0) is 54.4 Å². The lowest BCUT2D eigenvalue weighted by atomic mass is 10.1. The molecule has 0 radical (unpaired) electrons. The van der Waals surface area contributed by atoms with Gasteiger partial charge in [-0.3, -0.25) is 14.3 Å². The molecule has 2 aromatic heterocycles. The Morgan fingerprint density at radius 1 is 1.06 bits per heavy atom. The number of rotatable bonds is 7. The molecule has 0 unspecified atom stereocenters. The van der Waals surface area contributed by atoms with Crippen molar-refractivity contribution in [2.75, 3.05) is 11.1 Å². The highest BCUT2D eigenvalue weighted by molar-refractivity contribution is 9.10. The number of alkyl halides is 3. The van der Waals surface area contributed by atoms with Crippen LogP contribution in [0.2, 0.25) is 0 Å². The molecule has 4 aromatic rings. The van der Waals surface area contributed by atoms with E-state index in [4.69, 9.17) is 0 Å². The van der Waals surface area contributed by atoms with E-state index in [-0.39, 0.29) is 15.9 Å². The summed E-state index contributed by atoms with van der Waals surface area (Å²) in [7, 11) is 0. The summed E-state index contributed by atoms with van der Waals surface area (Å²) >= 11 is 4.12. The maximum absolute atomic E-state index is 13.4. The lowest BCUT2D eigenvalue weighted by Gasteiger charge is -2.14. The quantitative estimate of drug-likeness (QED) is 0.264. The van der Waals surface area contributed by atoms with Crippen LogP contribution in [0.25, 0.3) is 17.1 Å². The highest BCUT2D eigenvalue weighted by atomic mass is 79.9. The Bertz CT molecular complexity index is 1330. The summed E-state index contributed by atoms with van der Waals surface area (Å²) < 4.78 is 42.2. The van der Waals surface area contributed by atoms with Gasteiger partial charge in [0, 0.05) is 28.1 Å². The van der Waals surface area contributed by atoms with E-state index in [0.29, 0.717) is 11.0 Å². The first-order chi connectivity index (χ1) is 16.8. The van der Waals surface area contributed by atoms with Crippen molar-refractivity contribution < 1.29 is 18.0 Å². The third kappa shape index (κ3) is 5.91. The zero-order chi connectivity index (χ0) is 25.0. The molecule has 0 aliphatic rings. The molecule has 0 aliphatic carbocycles. The average molecular weight is 562 g/mol. The van der Waals surface area contributed by atoms with Crippen molar-refractivity contribution in [1.29, 1.82) is 0 Å². The second-order valence-corrected chi connectivity index (χ2v) is 9.28. The van der Waals surface area contributed by atoms with Gasteiger partial charge >= 0.3 is 6.18 Å². The number of hydrogen-bond acceptors (Lipinski definition) is 5. The van der Waals surface area contributed by atoms with Crippen molar-refractivity contribution in [1.82, 2.24) is 19.7 Å². The fourth-order valence-corrected chi connectivity index (χ4v) is 4.45. The predicted octanol–water partition coefficient (Wildman–Crippen LogP) is 6.40. The number of nitrogens with zero attached hydrogens (tertiary/aromatic N) is 4. The second-order valence-electron chi connectivity index (χ2n) is 7.42. The number of amides is 1. The van der Waals surface area contributed by atoms with Gasteiger partial charge in [-0.15, -0.1) is 10.2 Å². The van der Waals surface area contributed by atoms with Crippen LogP contribution in [-0.2, 0) is 17.4 Å². The minimum Gasteiger partial charge on any atom is -0.325 e. The summed E-state index contributed by atoms with van der Waals surface area (Å²) in [4.78, 5) is 16.6. The number of hydrogen-bond donors (Lipinski definition) is 1. The number of aromatic nitrogens is 4. The van der Waals surface area contributed by atoms with Gasteiger partial charge in [0.05, 0.1) is 17.0 Å². The van der Waals surface area contributed by atoms with Gasteiger partial charge in [0.15, 0.2) is 11.0 Å². The van der Waals surface area contributed by atoms with E-state index in [1.807, 2.05) is 28.8 Å². The van der Waals surface area contributed by atoms with E-state index >= 15 is 0 Å². The number of thioether (sulfide) groups is 1. The summed E-state index contributed by atoms with van der Waals surface area (Å²) in [5.41, 5.74) is 1.52. The van der Waals surface area contributed by atoms with Gasteiger partial charge < -0.3 is 5.32 Å². The molecule has 1 amide bonds. The van der Waals surface area contributed by atoms with E-state index in [2.05, 4.69) is 43.4 Å². The molecule has 4 rings (SSSR count). The summed E-state index contributed by atoms with van der Waals surface area (Å²) in [6.07, 6.45) is -0.433. The summed E-state index contributed by atoms with van der Waals surface area (Å²) in [6.45, 7) is 2.06. The van der Waals surface area contributed by atoms with Crippen LogP contribution in [0.15, 0.2) is 76.6 Å². The van der Waals surface area contributed by atoms with Crippen LogP contribution in [0.1, 0.15) is 18.1 Å². The largest absolute Gasteiger partial charge is 0.418 e. The molecule has 2 aromatic carbocycles. The molecule has 0 atom stereocenters. The molecule has 35 heavy (non-hydrogen) atoms. The van der Waals surface area contributed by atoms with Gasteiger partial charge in [0.2, 0.25) is 5.91 Å². The number of carbonyl (C=O) groups is 1. The number of halogens is 4. The minimum atomic E-state index is -4.61. The highest BCUT2D eigenvalue weighted by Crippen LogP contribution is 2.37.